The number of amides is 3. The first-order valence-electron chi connectivity index (χ1n) is 14.9. The molecule has 0 spiro atoms. The Morgan fingerprint density at radius 2 is 1.80 bits per heavy atom. The van der Waals surface area contributed by atoms with Crippen LogP contribution in [0.5, 0.6) is 0 Å². The lowest BCUT2D eigenvalue weighted by Gasteiger charge is -2.32. The van der Waals surface area contributed by atoms with Gasteiger partial charge in [-0.25, -0.2) is 14.8 Å². The number of aromatic nitrogens is 3. The number of carbonyl (C=O) groups is 2. The van der Waals surface area contributed by atoms with Gasteiger partial charge in [0, 0.05) is 86.6 Å². The number of piperazine rings is 1. The van der Waals surface area contributed by atoms with Gasteiger partial charge in [0.25, 0.3) is 5.91 Å². The quantitative estimate of drug-likeness (QED) is 0.245. The zero-order chi connectivity index (χ0) is 33.0. The Hall–Kier alpha value is -4.34. The first-order chi connectivity index (χ1) is 22.0. The molecule has 46 heavy (non-hydrogen) atoms. The molecule has 1 aromatic carbocycles. The molecule has 0 radical (unpaired) electrons. The predicted molar refractivity (Wildman–Crippen MR) is 172 cm³/mol. The van der Waals surface area contributed by atoms with Gasteiger partial charge in [0.05, 0.1) is 5.52 Å². The first-order valence-corrected chi connectivity index (χ1v) is 15.8. The summed E-state index contributed by atoms with van der Waals surface area (Å²) in [7, 11) is 2.08. The minimum Gasteiger partial charge on any atom is -0.351 e. The van der Waals surface area contributed by atoms with Gasteiger partial charge in [-0.05, 0) is 44.7 Å². The summed E-state index contributed by atoms with van der Waals surface area (Å²) in [6.45, 7) is 9.33. The molecule has 0 aliphatic carbocycles. The maximum absolute atomic E-state index is 13.5. The number of pyridine rings is 2. The Labute approximate surface area is 267 Å². The first kappa shape index (κ1) is 33.0. The molecule has 1 saturated heterocycles. The SMILES string of the molecule is CCNC(=O)Nc1cc(-c2nc(C(F)(F)F)cs2)c(-c2ccc3c(=O)c(C(=O)NCCN4CCN(C)CC4)cn(CC)c3c2)cn1. The standard InChI is InChI=1S/C31H35F3N8O3S/c1-4-35-30(45)39-26-15-21(29-38-25(18-46-29)31(32,33)34)22(16-37-26)19-6-7-20-24(14-19)42(5-2)17-23(27(20)43)28(44)36-8-9-41-12-10-40(3)11-13-41/h6-7,14-18H,4-5,8-13H2,1-3H3,(H,36,44)(H2,35,37,39,45). The number of hydrogen-bond acceptors (Lipinski definition) is 8. The number of alkyl halides is 3. The van der Waals surface area contributed by atoms with Crippen molar-refractivity contribution >= 4 is 40.0 Å². The lowest BCUT2D eigenvalue weighted by Crippen LogP contribution is -2.47. The Balaban J connectivity index is 1.48. The van der Waals surface area contributed by atoms with Gasteiger partial charge in [-0.3, -0.25) is 19.8 Å². The van der Waals surface area contributed by atoms with E-state index in [2.05, 4.69) is 42.8 Å². The van der Waals surface area contributed by atoms with E-state index in [4.69, 9.17) is 0 Å². The van der Waals surface area contributed by atoms with E-state index in [-0.39, 0.29) is 16.4 Å². The molecule has 4 heterocycles. The third-order valence-corrected chi connectivity index (χ3v) is 8.67. The maximum atomic E-state index is 13.5. The molecule has 1 aliphatic heterocycles. The molecule has 0 unspecified atom stereocenters. The van der Waals surface area contributed by atoms with Crippen LogP contribution in [0, 0.1) is 0 Å². The van der Waals surface area contributed by atoms with Gasteiger partial charge < -0.3 is 20.1 Å². The zero-order valence-corrected chi connectivity index (χ0v) is 26.5. The van der Waals surface area contributed by atoms with Gasteiger partial charge in [-0.15, -0.1) is 11.3 Å². The van der Waals surface area contributed by atoms with Crippen molar-refractivity contribution in [3.63, 3.8) is 0 Å². The molecule has 3 amide bonds. The highest BCUT2D eigenvalue weighted by Gasteiger charge is 2.34. The van der Waals surface area contributed by atoms with Crippen LogP contribution in [-0.2, 0) is 12.7 Å². The second kappa shape index (κ2) is 14.0. The number of likely N-dealkylation sites (N-methyl/N-ethyl adjacent to an activating group) is 1. The number of halogens is 3. The van der Waals surface area contributed by atoms with Crippen molar-refractivity contribution in [1.82, 2.24) is 35.0 Å². The van der Waals surface area contributed by atoms with E-state index in [1.807, 2.05) is 6.92 Å². The number of urea groups is 1. The fraction of sp³-hybridized carbons (Fsp3) is 0.387. The van der Waals surface area contributed by atoms with Crippen LogP contribution >= 0.6 is 11.3 Å². The molecule has 3 N–H and O–H groups in total. The fourth-order valence-electron chi connectivity index (χ4n) is 5.25. The van der Waals surface area contributed by atoms with E-state index in [0.29, 0.717) is 53.8 Å². The summed E-state index contributed by atoms with van der Waals surface area (Å²) >= 11 is 0.819. The molecule has 0 atom stereocenters. The number of benzene rings is 1. The highest BCUT2D eigenvalue weighted by Crippen LogP contribution is 2.39. The van der Waals surface area contributed by atoms with Gasteiger partial charge in [0.2, 0.25) is 5.43 Å². The van der Waals surface area contributed by atoms with Crippen molar-refractivity contribution in [3.05, 3.63) is 63.5 Å². The third kappa shape index (κ3) is 7.37. The molecule has 244 valence electrons. The van der Waals surface area contributed by atoms with Crippen LogP contribution in [0.25, 0.3) is 32.6 Å². The number of hydrogen-bond donors (Lipinski definition) is 3. The van der Waals surface area contributed by atoms with Crippen LogP contribution in [-0.4, -0.2) is 89.1 Å². The number of anilines is 1. The minimum absolute atomic E-state index is 0.0334. The number of rotatable bonds is 9. The smallest absolute Gasteiger partial charge is 0.351 e. The third-order valence-electron chi connectivity index (χ3n) is 7.80. The topological polar surface area (TPSA) is 124 Å². The van der Waals surface area contributed by atoms with Crippen LogP contribution < -0.4 is 21.4 Å². The van der Waals surface area contributed by atoms with Crippen molar-refractivity contribution < 1.29 is 22.8 Å². The van der Waals surface area contributed by atoms with Crippen LogP contribution in [0.1, 0.15) is 29.9 Å². The average Bonchev–Trinajstić information content (AvgIpc) is 3.54. The van der Waals surface area contributed by atoms with E-state index in [1.54, 1.807) is 29.7 Å². The van der Waals surface area contributed by atoms with Crippen molar-refractivity contribution in [1.29, 1.82) is 0 Å². The lowest BCUT2D eigenvalue weighted by molar-refractivity contribution is -0.140. The second-order valence-corrected chi connectivity index (χ2v) is 11.8. The molecule has 1 fully saturated rings. The molecular formula is C31H35F3N8O3S. The molecule has 0 saturated carbocycles. The number of thiazole rings is 1. The summed E-state index contributed by atoms with van der Waals surface area (Å²) in [6, 6.07) is 5.96. The lowest BCUT2D eigenvalue weighted by atomic mass is 9.99. The molecule has 3 aromatic heterocycles. The van der Waals surface area contributed by atoms with Crippen LogP contribution in [0.15, 0.2) is 46.8 Å². The van der Waals surface area contributed by atoms with Crippen LogP contribution in [0.3, 0.4) is 0 Å². The number of nitrogens with one attached hydrogen (secondary N) is 3. The monoisotopic (exact) mass is 656 g/mol. The number of carbonyl (C=O) groups excluding carboxylic acids is 2. The largest absolute Gasteiger partial charge is 0.434 e. The summed E-state index contributed by atoms with van der Waals surface area (Å²) in [4.78, 5) is 51.4. The van der Waals surface area contributed by atoms with Crippen LogP contribution in [0.2, 0.25) is 0 Å². The predicted octanol–water partition coefficient (Wildman–Crippen LogP) is 4.34. The summed E-state index contributed by atoms with van der Waals surface area (Å²) in [5, 5.41) is 9.39. The van der Waals surface area contributed by atoms with Crippen molar-refractivity contribution in [2.75, 3.05) is 58.2 Å². The van der Waals surface area contributed by atoms with E-state index in [9.17, 15) is 27.6 Å². The van der Waals surface area contributed by atoms with E-state index in [0.717, 1.165) is 42.9 Å². The van der Waals surface area contributed by atoms with Gasteiger partial charge in [0.15, 0.2) is 5.69 Å². The molecular weight excluding hydrogens is 621 g/mol. The summed E-state index contributed by atoms with van der Waals surface area (Å²) in [5.74, 6) is -0.318. The van der Waals surface area contributed by atoms with Crippen molar-refractivity contribution in [2.24, 2.45) is 0 Å². The van der Waals surface area contributed by atoms with E-state index in [1.165, 1.54) is 18.5 Å². The highest BCUT2D eigenvalue weighted by atomic mass is 32.1. The summed E-state index contributed by atoms with van der Waals surface area (Å²) in [5.41, 5.74) is 0.472. The fourth-order valence-corrected chi connectivity index (χ4v) is 6.11. The zero-order valence-electron chi connectivity index (χ0n) is 25.7. The van der Waals surface area contributed by atoms with Crippen LogP contribution in [0.4, 0.5) is 23.8 Å². The summed E-state index contributed by atoms with van der Waals surface area (Å²) < 4.78 is 42.1. The molecule has 5 rings (SSSR count). The normalized spacial score (nSPS) is 14.4. The molecule has 0 bridgehead atoms. The number of aryl methyl sites for hydroxylation is 1. The van der Waals surface area contributed by atoms with Gasteiger partial charge >= 0.3 is 12.2 Å². The molecule has 11 nitrogen and oxygen atoms in total. The highest BCUT2D eigenvalue weighted by molar-refractivity contribution is 7.13. The summed E-state index contributed by atoms with van der Waals surface area (Å²) in [6.07, 6.45) is -1.64. The molecule has 15 heteroatoms. The Morgan fingerprint density at radius 1 is 1.04 bits per heavy atom. The Kier molecular flexibility index (Phi) is 10.0. The average molecular weight is 657 g/mol. The molecule has 1 aliphatic rings. The van der Waals surface area contributed by atoms with Gasteiger partial charge in [-0.1, -0.05) is 6.07 Å². The van der Waals surface area contributed by atoms with E-state index >= 15 is 0 Å². The van der Waals surface area contributed by atoms with Crippen molar-refractivity contribution in [2.45, 2.75) is 26.6 Å². The van der Waals surface area contributed by atoms with E-state index < -0.39 is 29.2 Å². The van der Waals surface area contributed by atoms with Crippen molar-refractivity contribution in [3.8, 4) is 21.7 Å². The Morgan fingerprint density at radius 3 is 2.48 bits per heavy atom. The van der Waals surface area contributed by atoms with Gasteiger partial charge in [-0.2, -0.15) is 13.2 Å². The minimum atomic E-state index is -4.63. The number of fused-ring (bicyclic) bond motifs is 1. The molecule has 4 aromatic rings. The van der Waals surface area contributed by atoms with Gasteiger partial charge in [0.1, 0.15) is 16.4 Å². The Bertz CT molecular complexity index is 1800. The second-order valence-electron chi connectivity index (χ2n) is 10.9. The maximum Gasteiger partial charge on any atom is 0.434 e. The number of nitrogens with zero attached hydrogens (tertiary/aromatic N) is 5.